The number of rotatable bonds is 7. The molecule has 0 saturated heterocycles. The Bertz CT molecular complexity index is 1060. The zero-order valence-electron chi connectivity index (χ0n) is 16.2. The van der Waals surface area contributed by atoms with Crippen LogP contribution in [0.1, 0.15) is 52.0 Å². The number of carbonyl (C=O) groups is 2. The van der Waals surface area contributed by atoms with Gasteiger partial charge in [0.25, 0.3) is 5.91 Å². The van der Waals surface area contributed by atoms with Crippen LogP contribution in [0.2, 0.25) is 5.02 Å². The number of nitrogens with one attached hydrogen (secondary N) is 1. The summed E-state index contributed by atoms with van der Waals surface area (Å²) in [5, 5.41) is 5.00. The molecule has 2 aromatic rings. The number of halogens is 1. The van der Waals surface area contributed by atoms with Crippen LogP contribution in [0.4, 0.5) is 5.00 Å². The number of sulfonamides is 1. The molecule has 0 unspecified atom stereocenters. The van der Waals surface area contributed by atoms with Crippen molar-refractivity contribution in [3.63, 3.8) is 0 Å². The molecule has 1 fully saturated rings. The van der Waals surface area contributed by atoms with Gasteiger partial charge in [-0.05, 0) is 54.8 Å². The molecule has 156 valence electrons. The van der Waals surface area contributed by atoms with Crippen LogP contribution in [0.5, 0.6) is 0 Å². The predicted molar refractivity (Wildman–Crippen MR) is 113 cm³/mol. The van der Waals surface area contributed by atoms with Gasteiger partial charge >= 0.3 is 5.97 Å². The number of thiophene rings is 1. The first-order valence-electron chi connectivity index (χ1n) is 8.98. The van der Waals surface area contributed by atoms with Crippen molar-refractivity contribution in [2.75, 3.05) is 26.0 Å². The minimum absolute atomic E-state index is 0.0228. The van der Waals surface area contributed by atoms with Gasteiger partial charge in [-0.2, -0.15) is 0 Å². The van der Waals surface area contributed by atoms with Gasteiger partial charge in [0.1, 0.15) is 9.90 Å². The van der Waals surface area contributed by atoms with Gasteiger partial charge in [0.2, 0.25) is 10.0 Å². The van der Waals surface area contributed by atoms with E-state index in [-0.39, 0.29) is 22.1 Å². The Labute approximate surface area is 178 Å². The molecule has 0 bridgehead atoms. The Kier molecular flexibility index (Phi) is 6.33. The van der Waals surface area contributed by atoms with Crippen molar-refractivity contribution in [2.45, 2.75) is 30.6 Å². The summed E-state index contributed by atoms with van der Waals surface area (Å²) in [5.41, 5.74) is 1.38. The lowest BCUT2D eigenvalue weighted by molar-refractivity contribution is 0.0527. The van der Waals surface area contributed by atoms with Crippen LogP contribution in [0.25, 0.3) is 0 Å². The van der Waals surface area contributed by atoms with Gasteiger partial charge in [0.05, 0.1) is 17.2 Å². The largest absolute Gasteiger partial charge is 0.462 e. The highest BCUT2D eigenvalue weighted by Crippen LogP contribution is 2.46. The molecule has 0 spiro atoms. The molecule has 1 saturated carbocycles. The minimum atomic E-state index is -3.81. The van der Waals surface area contributed by atoms with Crippen LogP contribution in [0, 0.1) is 0 Å². The highest BCUT2D eigenvalue weighted by atomic mass is 35.5. The maximum absolute atomic E-state index is 12.8. The first-order chi connectivity index (χ1) is 13.7. The van der Waals surface area contributed by atoms with Crippen LogP contribution in [-0.2, 0) is 14.8 Å². The monoisotopic (exact) mass is 456 g/mol. The summed E-state index contributed by atoms with van der Waals surface area (Å²) in [4.78, 5) is 25.1. The number of amides is 1. The first kappa shape index (κ1) is 21.8. The molecule has 1 amide bonds. The van der Waals surface area contributed by atoms with Crippen LogP contribution >= 0.6 is 22.9 Å². The molecule has 1 N–H and O–H groups in total. The number of nitrogens with zero attached hydrogens (tertiary/aromatic N) is 1. The summed E-state index contributed by atoms with van der Waals surface area (Å²) in [5.74, 6) is -0.701. The molecule has 0 atom stereocenters. The van der Waals surface area contributed by atoms with Gasteiger partial charge in [-0.15, -0.1) is 11.3 Å². The molecule has 29 heavy (non-hydrogen) atoms. The Morgan fingerprint density at radius 2 is 2.00 bits per heavy atom. The summed E-state index contributed by atoms with van der Waals surface area (Å²) in [7, 11) is -1.05. The lowest BCUT2D eigenvalue weighted by Gasteiger charge is -2.14. The second-order valence-corrected chi connectivity index (χ2v) is 10.2. The lowest BCUT2D eigenvalue weighted by Crippen LogP contribution is -2.23. The zero-order chi connectivity index (χ0) is 21.3. The van der Waals surface area contributed by atoms with Gasteiger partial charge in [0, 0.05) is 19.7 Å². The van der Waals surface area contributed by atoms with E-state index in [1.54, 1.807) is 6.92 Å². The van der Waals surface area contributed by atoms with Crippen LogP contribution in [-0.4, -0.2) is 45.3 Å². The summed E-state index contributed by atoms with van der Waals surface area (Å²) >= 11 is 7.29. The smallest absolute Gasteiger partial charge is 0.341 e. The minimum Gasteiger partial charge on any atom is -0.462 e. The van der Waals surface area contributed by atoms with Gasteiger partial charge in [-0.1, -0.05) is 11.6 Å². The van der Waals surface area contributed by atoms with E-state index in [0.717, 1.165) is 22.7 Å². The van der Waals surface area contributed by atoms with Gasteiger partial charge in [0.15, 0.2) is 0 Å². The average molecular weight is 457 g/mol. The molecule has 10 heteroatoms. The topological polar surface area (TPSA) is 92.8 Å². The molecular weight excluding hydrogens is 436 g/mol. The molecule has 1 heterocycles. The molecule has 1 aliphatic carbocycles. The Balaban J connectivity index is 1.93. The molecule has 7 nitrogen and oxygen atoms in total. The van der Waals surface area contributed by atoms with Crippen LogP contribution in [0.3, 0.4) is 0 Å². The number of carbonyl (C=O) groups excluding carboxylic acids is 2. The zero-order valence-corrected chi connectivity index (χ0v) is 18.6. The normalized spacial score (nSPS) is 14.1. The third-order valence-electron chi connectivity index (χ3n) is 4.50. The van der Waals surface area contributed by atoms with E-state index >= 15 is 0 Å². The fraction of sp³-hybridized carbons (Fsp3) is 0.368. The lowest BCUT2D eigenvalue weighted by atomic mass is 10.1. The quantitative estimate of drug-likeness (QED) is 0.636. The molecule has 3 rings (SSSR count). The number of anilines is 1. The highest BCUT2D eigenvalue weighted by Gasteiger charge is 2.32. The fourth-order valence-electron chi connectivity index (χ4n) is 2.79. The molecule has 1 aromatic heterocycles. The van der Waals surface area contributed by atoms with Crippen molar-refractivity contribution in [3.05, 3.63) is 45.3 Å². The summed E-state index contributed by atoms with van der Waals surface area (Å²) in [6, 6.07) is 4.03. The number of hydrogen-bond donors (Lipinski definition) is 1. The summed E-state index contributed by atoms with van der Waals surface area (Å²) in [6.07, 6.45) is 2.00. The van der Waals surface area contributed by atoms with E-state index < -0.39 is 21.9 Å². The van der Waals surface area contributed by atoms with Crippen molar-refractivity contribution in [3.8, 4) is 0 Å². The Hall–Kier alpha value is -1.94. The molecule has 1 aromatic carbocycles. The van der Waals surface area contributed by atoms with E-state index in [0.29, 0.717) is 16.5 Å². The van der Waals surface area contributed by atoms with E-state index in [9.17, 15) is 18.0 Å². The van der Waals surface area contributed by atoms with Crippen LogP contribution in [0.15, 0.2) is 28.5 Å². The maximum Gasteiger partial charge on any atom is 0.341 e. The third-order valence-corrected chi connectivity index (χ3v) is 7.71. The third kappa shape index (κ3) is 4.48. The average Bonchev–Trinajstić information content (AvgIpc) is 3.42. The van der Waals surface area contributed by atoms with E-state index in [2.05, 4.69) is 5.32 Å². The SMILES string of the molecule is CCOC(=O)c1c(C2CC2)csc1NC(=O)c1ccc(Cl)c(S(=O)(=O)N(C)C)c1. The Morgan fingerprint density at radius 3 is 2.59 bits per heavy atom. The van der Waals surface area contributed by atoms with Crippen LogP contribution < -0.4 is 5.32 Å². The Morgan fingerprint density at radius 1 is 1.31 bits per heavy atom. The van der Waals surface area contributed by atoms with Crippen molar-refractivity contribution in [1.82, 2.24) is 4.31 Å². The molecular formula is C19H21ClN2O5S2. The molecule has 1 aliphatic rings. The number of benzene rings is 1. The highest BCUT2D eigenvalue weighted by molar-refractivity contribution is 7.89. The second-order valence-electron chi connectivity index (χ2n) is 6.78. The summed E-state index contributed by atoms with van der Waals surface area (Å²) in [6.45, 7) is 1.95. The van der Waals surface area contributed by atoms with Crippen molar-refractivity contribution < 1.29 is 22.7 Å². The number of ether oxygens (including phenoxy) is 1. The van der Waals surface area contributed by atoms with Crippen molar-refractivity contribution >= 4 is 49.8 Å². The van der Waals surface area contributed by atoms with Gasteiger partial charge in [-0.3, -0.25) is 4.79 Å². The molecule has 0 aliphatic heterocycles. The molecule has 0 radical (unpaired) electrons. The fourth-order valence-corrected chi connectivity index (χ4v) is 5.21. The van der Waals surface area contributed by atoms with E-state index in [1.807, 2.05) is 5.38 Å². The maximum atomic E-state index is 12.8. The van der Waals surface area contributed by atoms with E-state index in [1.165, 1.54) is 43.6 Å². The number of hydrogen-bond acceptors (Lipinski definition) is 6. The van der Waals surface area contributed by atoms with Crippen molar-refractivity contribution in [2.24, 2.45) is 0 Å². The second kappa shape index (κ2) is 8.43. The summed E-state index contributed by atoms with van der Waals surface area (Å²) < 4.78 is 31.1. The van der Waals surface area contributed by atoms with Crippen molar-refractivity contribution in [1.29, 1.82) is 0 Å². The van der Waals surface area contributed by atoms with Gasteiger partial charge < -0.3 is 10.1 Å². The number of esters is 1. The standard InChI is InChI=1S/C19H21ClN2O5S2/c1-4-27-19(24)16-13(11-5-6-11)10-28-18(16)21-17(23)12-7-8-14(20)15(9-12)29(25,26)22(2)3/h7-11H,4-6H2,1-3H3,(H,21,23). The van der Waals surface area contributed by atoms with Gasteiger partial charge in [-0.25, -0.2) is 17.5 Å². The first-order valence-corrected chi connectivity index (χ1v) is 11.7. The van der Waals surface area contributed by atoms with E-state index in [4.69, 9.17) is 16.3 Å². The predicted octanol–water partition coefficient (Wildman–Crippen LogP) is 3.96.